The summed E-state index contributed by atoms with van der Waals surface area (Å²) >= 11 is 0. The second-order valence-electron chi connectivity index (χ2n) is 15.4. The van der Waals surface area contributed by atoms with E-state index in [0.29, 0.717) is 12.0 Å². The maximum atomic E-state index is 12.7. The van der Waals surface area contributed by atoms with Gasteiger partial charge in [-0.2, -0.15) is 8.42 Å². The second-order valence-corrected chi connectivity index (χ2v) is 18.1. The predicted octanol–water partition coefficient (Wildman–Crippen LogP) is 12.4. The van der Waals surface area contributed by atoms with E-state index >= 15 is 0 Å². The molecule has 13 heteroatoms. The Labute approximate surface area is 396 Å². The van der Waals surface area contributed by atoms with Gasteiger partial charge in [0.05, 0.1) is 4.90 Å². The summed E-state index contributed by atoms with van der Waals surface area (Å²) in [5.74, 6) is -0.177. The van der Waals surface area contributed by atoms with E-state index in [4.69, 9.17) is 9.47 Å². The van der Waals surface area contributed by atoms with Crippen molar-refractivity contribution in [2.45, 2.75) is 165 Å². The van der Waals surface area contributed by atoms with E-state index in [1.807, 2.05) is 6.07 Å². The monoisotopic (exact) mass is 906 g/mol. The molecule has 0 fully saturated rings. The van der Waals surface area contributed by atoms with Gasteiger partial charge < -0.3 is 24.2 Å². The summed E-state index contributed by atoms with van der Waals surface area (Å²) in [5, 5.41) is 23.2. The van der Waals surface area contributed by atoms with Gasteiger partial charge in [0.2, 0.25) is 0 Å². The third-order valence-electron chi connectivity index (χ3n) is 10.4. The molecule has 332 valence electrons. The number of para-hydroxylation sites is 4. The first-order valence-corrected chi connectivity index (χ1v) is 24.8. The molecule has 0 bridgehead atoms. The first kappa shape index (κ1) is 54.3. The maximum absolute atomic E-state index is 12.7. The number of phenolic OH excluding ortho intramolecular Hbond substituents is 1. The number of phenols is 1. The average molecular weight is 907 g/mol. The average Bonchev–Trinajstić information content (AvgIpc) is 3.21. The molecule has 4 aromatic carbocycles. The zero-order valence-electron chi connectivity index (χ0n) is 36.3. The maximum Gasteiger partial charge on any atom is 2.00 e. The number of ether oxygens (including phenoxy) is 2. The fourth-order valence-electron chi connectivity index (χ4n) is 7.02. The molecule has 0 aliphatic rings. The molecule has 0 aliphatic carbocycles. The van der Waals surface area contributed by atoms with E-state index < -0.39 is 25.1 Å². The summed E-state index contributed by atoms with van der Waals surface area (Å²) in [4.78, 5) is -0.797. The molecule has 0 saturated carbocycles. The van der Waals surface area contributed by atoms with Gasteiger partial charge in [-0.1, -0.05) is 189 Å². The molecular formula is C48H66CaO10S2. The minimum Gasteiger partial charge on any atom is -0.870 e. The number of aromatic hydroxyl groups is 1. The van der Waals surface area contributed by atoms with Crippen molar-refractivity contribution in [3.8, 4) is 34.5 Å². The van der Waals surface area contributed by atoms with E-state index in [1.54, 1.807) is 36.4 Å². The minimum atomic E-state index is -4.69. The van der Waals surface area contributed by atoms with E-state index in [9.17, 15) is 36.2 Å². The molecule has 0 atom stereocenters. The van der Waals surface area contributed by atoms with Crippen LogP contribution in [0.5, 0.6) is 34.5 Å². The van der Waals surface area contributed by atoms with Gasteiger partial charge in [0, 0.05) is 0 Å². The van der Waals surface area contributed by atoms with Crippen LogP contribution in [-0.2, 0) is 33.1 Å². The molecular weight excluding hydrogens is 841 g/mol. The van der Waals surface area contributed by atoms with Gasteiger partial charge in [-0.3, -0.25) is 4.55 Å². The Morgan fingerprint density at radius 2 is 0.836 bits per heavy atom. The Morgan fingerprint density at radius 1 is 0.475 bits per heavy atom. The van der Waals surface area contributed by atoms with E-state index in [-0.39, 0.29) is 77.1 Å². The van der Waals surface area contributed by atoms with Crippen molar-refractivity contribution in [3.63, 3.8) is 0 Å². The number of aryl methyl sites for hydroxylation is 2. The summed E-state index contributed by atoms with van der Waals surface area (Å²) in [7, 11) is -9.10. The van der Waals surface area contributed by atoms with Crippen molar-refractivity contribution < 1.29 is 45.6 Å². The Balaban J connectivity index is 0.000000413. The van der Waals surface area contributed by atoms with Gasteiger partial charge in [-0.05, 0) is 67.6 Å². The number of unbranched alkanes of at least 4 members (excludes halogenated alkanes) is 18. The van der Waals surface area contributed by atoms with Crippen molar-refractivity contribution in [1.82, 2.24) is 0 Å². The Kier molecular flexibility index (Phi) is 27.0. The standard InChI is InChI=1S/2C24H34O5S.Ca/c2*1-2-3-4-5-6-7-8-9-10-11-15-20-16-14-18-22(24(20)25)29-21-17-12-13-19-23(21)30(26,27)28;/h2*12-14,16-19,25H,2-11,15H2,1H3,(H,26,27,28);/q;;+2/p-2. The summed E-state index contributed by atoms with van der Waals surface area (Å²) in [6.07, 6.45) is 26.2. The van der Waals surface area contributed by atoms with Gasteiger partial charge >= 0.3 is 37.7 Å². The van der Waals surface area contributed by atoms with Crippen molar-refractivity contribution in [2.24, 2.45) is 0 Å². The van der Waals surface area contributed by atoms with E-state index in [1.165, 1.54) is 145 Å². The van der Waals surface area contributed by atoms with E-state index in [0.717, 1.165) is 37.7 Å². The molecule has 0 spiro atoms. The van der Waals surface area contributed by atoms with Crippen LogP contribution in [0.3, 0.4) is 0 Å². The van der Waals surface area contributed by atoms with Crippen LogP contribution in [0.4, 0.5) is 0 Å². The summed E-state index contributed by atoms with van der Waals surface area (Å²) in [5.41, 5.74) is 1.42. The van der Waals surface area contributed by atoms with Gasteiger partial charge in [-0.25, -0.2) is 8.42 Å². The number of hydrogen-bond donors (Lipinski definition) is 2. The van der Waals surface area contributed by atoms with Crippen molar-refractivity contribution >= 4 is 58.0 Å². The Hall–Kier alpha value is -2.84. The predicted molar refractivity (Wildman–Crippen MR) is 242 cm³/mol. The smallest absolute Gasteiger partial charge is 0.870 e. The third-order valence-corrected chi connectivity index (χ3v) is 12.2. The van der Waals surface area contributed by atoms with E-state index in [2.05, 4.69) is 13.8 Å². The van der Waals surface area contributed by atoms with Gasteiger partial charge in [0.25, 0.3) is 10.1 Å². The fourth-order valence-corrected chi connectivity index (χ4v) is 8.24. The van der Waals surface area contributed by atoms with Crippen LogP contribution < -0.4 is 14.6 Å². The first-order chi connectivity index (χ1) is 28.9. The molecule has 0 aliphatic heterocycles. The van der Waals surface area contributed by atoms with Crippen molar-refractivity contribution in [2.75, 3.05) is 0 Å². The number of benzene rings is 4. The zero-order chi connectivity index (χ0) is 43.6. The normalized spacial score (nSPS) is 11.3. The molecule has 10 nitrogen and oxygen atoms in total. The summed E-state index contributed by atoms with van der Waals surface area (Å²) in [6, 6.07) is 21.6. The number of rotatable bonds is 28. The fraction of sp³-hybridized carbons (Fsp3) is 0.500. The largest absolute Gasteiger partial charge is 2.00 e. The van der Waals surface area contributed by atoms with Crippen LogP contribution in [0.2, 0.25) is 0 Å². The quantitative estimate of drug-likeness (QED) is 0.0317. The summed E-state index contributed by atoms with van der Waals surface area (Å²) < 4.78 is 77.7. The molecule has 61 heavy (non-hydrogen) atoms. The zero-order valence-corrected chi connectivity index (χ0v) is 40.2. The van der Waals surface area contributed by atoms with Gasteiger partial charge in [0.1, 0.15) is 32.3 Å². The topological polar surface area (TPSA) is 173 Å². The van der Waals surface area contributed by atoms with Gasteiger partial charge in [0.15, 0.2) is 11.5 Å². The van der Waals surface area contributed by atoms with Crippen LogP contribution in [0, 0.1) is 0 Å². The van der Waals surface area contributed by atoms with Crippen molar-refractivity contribution in [1.29, 1.82) is 0 Å². The molecule has 0 heterocycles. The minimum absolute atomic E-state index is 0. The van der Waals surface area contributed by atoms with Crippen LogP contribution in [0.15, 0.2) is 94.7 Å². The van der Waals surface area contributed by atoms with Crippen molar-refractivity contribution in [3.05, 3.63) is 96.1 Å². The summed E-state index contributed by atoms with van der Waals surface area (Å²) in [6.45, 7) is 4.46. The molecule has 4 rings (SSSR count). The van der Waals surface area contributed by atoms with Crippen LogP contribution in [-0.4, -0.2) is 68.8 Å². The SMILES string of the molecule is CCCCCCCCCCCCc1cccc(Oc2ccccc2S(=O)(=O)O)c1O.CCCCCCCCCCCCc1cccc(Oc2ccccc2S(=O)(=O)[O-])c1[O-].[Ca+2]. The molecule has 0 radical (unpaired) electrons. The van der Waals surface area contributed by atoms with Crippen LogP contribution >= 0.6 is 0 Å². The Morgan fingerprint density at radius 3 is 1.31 bits per heavy atom. The molecule has 0 saturated heterocycles. The Bertz CT molecular complexity index is 1910. The molecule has 0 aromatic heterocycles. The molecule has 2 N–H and O–H groups in total. The number of hydrogen-bond acceptors (Lipinski definition) is 9. The van der Waals surface area contributed by atoms with Crippen LogP contribution in [0.1, 0.15) is 153 Å². The van der Waals surface area contributed by atoms with Gasteiger partial charge in [-0.15, -0.1) is 0 Å². The third kappa shape index (κ3) is 20.9. The molecule has 0 unspecified atom stereocenters. The molecule has 4 aromatic rings. The first-order valence-electron chi connectivity index (χ1n) is 21.9. The van der Waals surface area contributed by atoms with Crippen LogP contribution in [0.25, 0.3) is 0 Å². The molecule has 0 amide bonds. The second kappa shape index (κ2) is 30.3.